The van der Waals surface area contributed by atoms with Gasteiger partial charge < -0.3 is 9.84 Å². The lowest BCUT2D eigenvalue weighted by molar-refractivity contribution is -0.137. The fourth-order valence-electron chi connectivity index (χ4n) is 1.46. The van der Waals surface area contributed by atoms with Gasteiger partial charge in [-0.1, -0.05) is 23.8 Å². The maximum atomic E-state index is 10.3. The molecular weight excluding hydrogens is 204 g/mol. The summed E-state index contributed by atoms with van der Waals surface area (Å²) >= 11 is 0. The van der Waals surface area contributed by atoms with Gasteiger partial charge in [-0.25, -0.2) is 0 Å². The van der Waals surface area contributed by atoms with Crippen LogP contribution >= 0.6 is 0 Å². The van der Waals surface area contributed by atoms with Crippen molar-refractivity contribution in [2.45, 2.75) is 33.3 Å². The average Bonchev–Trinajstić information content (AvgIpc) is 2.22. The quantitative estimate of drug-likeness (QED) is 0.753. The van der Waals surface area contributed by atoms with Gasteiger partial charge in [0.25, 0.3) is 0 Å². The average molecular weight is 222 g/mol. The molecule has 3 nitrogen and oxygen atoms in total. The molecule has 0 unspecified atom stereocenters. The molecule has 0 heterocycles. The summed E-state index contributed by atoms with van der Waals surface area (Å²) in [6, 6.07) is 6.25. The third kappa shape index (κ3) is 4.45. The molecule has 0 fully saturated rings. The number of benzene rings is 1. The Morgan fingerprint density at radius 2 is 2.12 bits per heavy atom. The largest absolute Gasteiger partial charge is 0.481 e. The predicted octanol–water partition coefficient (Wildman–Crippen LogP) is 2.68. The maximum absolute atomic E-state index is 10.3. The number of hydrogen-bond donors (Lipinski definition) is 1. The Kier molecular flexibility index (Phi) is 4.99. The number of aryl methyl sites for hydroxylation is 2. The molecule has 0 aliphatic heterocycles. The van der Waals surface area contributed by atoms with Crippen LogP contribution in [0.3, 0.4) is 0 Å². The first-order chi connectivity index (χ1) is 7.59. The van der Waals surface area contributed by atoms with Crippen LogP contribution in [0.4, 0.5) is 0 Å². The van der Waals surface area contributed by atoms with E-state index in [4.69, 9.17) is 9.84 Å². The van der Waals surface area contributed by atoms with E-state index in [1.54, 1.807) is 0 Å². The van der Waals surface area contributed by atoms with Crippen LogP contribution in [0, 0.1) is 13.8 Å². The molecule has 0 aliphatic rings. The first kappa shape index (κ1) is 12.7. The number of ether oxygens (including phenoxy) is 1. The van der Waals surface area contributed by atoms with Gasteiger partial charge in [0, 0.05) is 13.0 Å². The van der Waals surface area contributed by atoms with Gasteiger partial charge >= 0.3 is 5.97 Å². The Bertz CT molecular complexity index is 358. The molecule has 0 atom stereocenters. The molecule has 0 spiro atoms. The van der Waals surface area contributed by atoms with Gasteiger partial charge in [-0.2, -0.15) is 0 Å². The molecule has 1 rings (SSSR count). The minimum Gasteiger partial charge on any atom is -0.481 e. The number of carboxylic acid groups (broad SMARTS) is 1. The lowest BCUT2D eigenvalue weighted by atomic mass is 10.1. The molecule has 1 aromatic rings. The Morgan fingerprint density at radius 3 is 2.81 bits per heavy atom. The first-order valence-electron chi connectivity index (χ1n) is 5.45. The van der Waals surface area contributed by atoms with Crippen LogP contribution in [-0.4, -0.2) is 17.7 Å². The molecule has 0 saturated carbocycles. The zero-order chi connectivity index (χ0) is 12.0. The summed E-state index contributed by atoms with van der Waals surface area (Å²) < 4.78 is 5.44. The second kappa shape index (κ2) is 6.28. The van der Waals surface area contributed by atoms with Crippen LogP contribution in [0.25, 0.3) is 0 Å². The van der Waals surface area contributed by atoms with Crippen LogP contribution in [-0.2, 0) is 16.1 Å². The van der Waals surface area contributed by atoms with Crippen molar-refractivity contribution in [3.8, 4) is 0 Å². The topological polar surface area (TPSA) is 46.5 Å². The van der Waals surface area contributed by atoms with Crippen LogP contribution < -0.4 is 0 Å². The van der Waals surface area contributed by atoms with E-state index in [0.717, 1.165) is 0 Å². The van der Waals surface area contributed by atoms with E-state index >= 15 is 0 Å². The molecular formula is C13H18O3. The van der Waals surface area contributed by atoms with Gasteiger partial charge in [-0.3, -0.25) is 4.79 Å². The van der Waals surface area contributed by atoms with E-state index < -0.39 is 5.97 Å². The first-order valence-corrected chi connectivity index (χ1v) is 5.45. The van der Waals surface area contributed by atoms with E-state index in [-0.39, 0.29) is 6.42 Å². The monoisotopic (exact) mass is 222 g/mol. The standard InChI is InChI=1S/C13H18O3/c1-10-5-6-11(2)12(8-10)9-16-7-3-4-13(14)15/h5-6,8H,3-4,7,9H2,1-2H3,(H,14,15). The third-order valence-electron chi connectivity index (χ3n) is 2.44. The van der Waals surface area contributed by atoms with Crippen molar-refractivity contribution in [2.24, 2.45) is 0 Å². The third-order valence-corrected chi connectivity index (χ3v) is 2.44. The van der Waals surface area contributed by atoms with Crippen LogP contribution in [0.15, 0.2) is 18.2 Å². The number of aliphatic carboxylic acids is 1. The predicted molar refractivity (Wildman–Crippen MR) is 62.4 cm³/mol. The normalized spacial score (nSPS) is 10.4. The zero-order valence-corrected chi connectivity index (χ0v) is 9.82. The minimum atomic E-state index is -0.768. The van der Waals surface area contributed by atoms with Crippen molar-refractivity contribution in [3.05, 3.63) is 34.9 Å². The van der Waals surface area contributed by atoms with Crippen molar-refractivity contribution in [1.82, 2.24) is 0 Å². The number of hydrogen-bond acceptors (Lipinski definition) is 2. The molecule has 0 bridgehead atoms. The van der Waals surface area contributed by atoms with Gasteiger partial charge in [0.1, 0.15) is 0 Å². The van der Waals surface area contributed by atoms with E-state index in [9.17, 15) is 4.79 Å². The number of carbonyl (C=O) groups is 1. The molecule has 0 aliphatic carbocycles. The van der Waals surface area contributed by atoms with E-state index in [2.05, 4.69) is 25.1 Å². The van der Waals surface area contributed by atoms with Gasteiger partial charge in [0.2, 0.25) is 0 Å². The summed E-state index contributed by atoms with van der Waals surface area (Å²) in [5.74, 6) is -0.768. The molecule has 0 amide bonds. The molecule has 88 valence electrons. The highest BCUT2D eigenvalue weighted by molar-refractivity contribution is 5.66. The Balaban J connectivity index is 2.31. The van der Waals surface area contributed by atoms with Crippen molar-refractivity contribution < 1.29 is 14.6 Å². The second-order valence-corrected chi connectivity index (χ2v) is 3.98. The molecule has 16 heavy (non-hydrogen) atoms. The van der Waals surface area contributed by atoms with Crippen molar-refractivity contribution in [3.63, 3.8) is 0 Å². The lowest BCUT2D eigenvalue weighted by Crippen LogP contribution is -2.01. The van der Waals surface area contributed by atoms with Gasteiger partial charge in [0.05, 0.1) is 6.61 Å². The fourth-order valence-corrected chi connectivity index (χ4v) is 1.46. The van der Waals surface area contributed by atoms with E-state index in [1.807, 2.05) is 6.92 Å². The van der Waals surface area contributed by atoms with Crippen LogP contribution in [0.1, 0.15) is 29.5 Å². The molecule has 1 N–H and O–H groups in total. The number of carboxylic acids is 1. The van der Waals surface area contributed by atoms with Crippen molar-refractivity contribution in [1.29, 1.82) is 0 Å². The highest BCUT2D eigenvalue weighted by Crippen LogP contribution is 2.11. The fraction of sp³-hybridized carbons (Fsp3) is 0.462. The SMILES string of the molecule is Cc1ccc(C)c(COCCCC(=O)O)c1. The van der Waals surface area contributed by atoms with E-state index in [1.165, 1.54) is 16.7 Å². The Morgan fingerprint density at radius 1 is 1.38 bits per heavy atom. The summed E-state index contributed by atoms with van der Waals surface area (Å²) in [7, 11) is 0. The maximum Gasteiger partial charge on any atom is 0.303 e. The van der Waals surface area contributed by atoms with Gasteiger partial charge in [0.15, 0.2) is 0 Å². The van der Waals surface area contributed by atoms with Gasteiger partial charge in [-0.15, -0.1) is 0 Å². The van der Waals surface area contributed by atoms with Crippen molar-refractivity contribution in [2.75, 3.05) is 6.61 Å². The second-order valence-electron chi connectivity index (χ2n) is 3.98. The highest BCUT2D eigenvalue weighted by Gasteiger charge is 2.00. The van der Waals surface area contributed by atoms with Crippen LogP contribution in [0.5, 0.6) is 0 Å². The molecule has 0 aromatic heterocycles. The van der Waals surface area contributed by atoms with Gasteiger partial charge in [-0.05, 0) is 31.4 Å². The zero-order valence-electron chi connectivity index (χ0n) is 9.82. The molecule has 1 aromatic carbocycles. The molecule has 0 saturated heterocycles. The summed E-state index contributed by atoms with van der Waals surface area (Å²) in [5.41, 5.74) is 3.61. The Labute approximate surface area is 96.1 Å². The summed E-state index contributed by atoms with van der Waals surface area (Å²) in [6.45, 7) is 5.16. The summed E-state index contributed by atoms with van der Waals surface area (Å²) in [5, 5.41) is 8.45. The summed E-state index contributed by atoms with van der Waals surface area (Å²) in [6.07, 6.45) is 0.743. The number of rotatable bonds is 6. The lowest BCUT2D eigenvalue weighted by Gasteiger charge is -2.07. The minimum absolute atomic E-state index is 0.173. The summed E-state index contributed by atoms with van der Waals surface area (Å²) in [4.78, 5) is 10.3. The smallest absolute Gasteiger partial charge is 0.303 e. The van der Waals surface area contributed by atoms with Crippen LogP contribution in [0.2, 0.25) is 0 Å². The van der Waals surface area contributed by atoms with E-state index in [0.29, 0.717) is 19.6 Å². The highest BCUT2D eigenvalue weighted by atomic mass is 16.5. The molecule has 3 heteroatoms. The Hall–Kier alpha value is -1.35. The molecule has 0 radical (unpaired) electrons. The van der Waals surface area contributed by atoms with Crippen molar-refractivity contribution >= 4 is 5.97 Å².